The molecule has 308 valence electrons. The smallest absolute Gasteiger partial charge is 0.306 e. The van der Waals surface area contributed by atoms with Gasteiger partial charge < -0.3 is 20.3 Å². The Morgan fingerprint density at radius 2 is 1.02 bits per heavy atom. The van der Waals surface area contributed by atoms with Gasteiger partial charge in [0.2, 0.25) is 5.91 Å². The van der Waals surface area contributed by atoms with Gasteiger partial charge in [0.25, 0.3) is 0 Å². The summed E-state index contributed by atoms with van der Waals surface area (Å²) in [6, 6.07) is -0.718. The van der Waals surface area contributed by atoms with Gasteiger partial charge in [0.15, 0.2) is 0 Å². The quantitative estimate of drug-likeness (QED) is 0.0331. The molecule has 0 aromatic heterocycles. The van der Waals surface area contributed by atoms with Gasteiger partial charge in [-0.3, -0.25) is 9.59 Å². The zero-order valence-corrected chi connectivity index (χ0v) is 34.9. The van der Waals surface area contributed by atoms with Crippen molar-refractivity contribution < 1.29 is 24.5 Å². The number of carbonyl (C=O) groups excluding carboxylic acids is 2. The third kappa shape index (κ3) is 36.6. The molecule has 1 amide bonds. The van der Waals surface area contributed by atoms with Crippen LogP contribution in [0.1, 0.15) is 213 Å². The van der Waals surface area contributed by atoms with Gasteiger partial charge in [0.05, 0.1) is 25.2 Å². The van der Waals surface area contributed by atoms with Gasteiger partial charge in [-0.1, -0.05) is 211 Å². The number of amides is 1. The van der Waals surface area contributed by atoms with Crippen LogP contribution in [0.25, 0.3) is 0 Å². The molecule has 0 aliphatic heterocycles. The van der Waals surface area contributed by atoms with Gasteiger partial charge in [0.1, 0.15) is 6.10 Å². The molecule has 0 aromatic carbocycles. The van der Waals surface area contributed by atoms with Crippen molar-refractivity contribution >= 4 is 11.9 Å². The maximum absolute atomic E-state index is 13.1. The van der Waals surface area contributed by atoms with Crippen LogP contribution >= 0.6 is 0 Å². The molecule has 0 saturated carbocycles. The van der Waals surface area contributed by atoms with E-state index in [0.29, 0.717) is 19.3 Å². The molecule has 0 aromatic rings. The average molecular weight is 744 g/mol. The number of unbranched alkanes of at least 4 members (excludes halogenated alkanes) is 22. The molecule has 3 atom stereocenters. The van der Waals surface area contributed by atoms with Gasteiger partial charge in [-0.15, -0.1) is 0 Å². The summed E-state index contributed by atoms with van der Waals surface area (Å²) in [6.45, 7) is 6.29. The summed E-state index contributed by atoms with van der Waals surface area (Å²) in [5.74, 6) is -0.541. The van der Waals surface area contributed by atoms with Crippen LogP contribution in [-0.4, -0.2) is 46.9 Å². The second-order valence-electron chi connectivity index (χ2n) is 15.2. The molecule has 6 heteroatoms. The lowest BCUT2D eigenvalue weighted by Crippen LogP contribution is -2.46. The van der Waals surface area contributed by atoms with E-state index in [2.05, 4.69) is 38.2 Å². The van der Waals surface area contributed by atoms with Crippen molar-refractivity contribution in [3.05, 3.63) is 48.6 Å². The highest BCUT2D eigenvalue weighted by Gasteiger charge is 2.24. The van der Waals surface area contributed by atoms with E-state index < -0.39 is 18.2 Å². The zero-order valence-electron chi connectivity index (χ0n) is 34.9. The van der Waals surface area contributed by atoms with Crippen molar-refractivity contribution in [2.24, 2.45) is 0 Å². The summed E-state index contributed by atoms with van der Waals surface area (Å²) in [4.78, 5) is 25.9. The summed E-state index contributed by atoms with van der Waals surface area (Å²) < 4.78 is 5.86. The Kier molecular flexibility index (Phi) is 39.3. The minimum atomic E-state index is -0.801. The van der Waals surface area contributed by atoms with E-state index in [1.54, 1.807) is 0 Å². The molecular formula is C47H85NO5. The largest absolute Gasteiger partial charge is 0.462 e. The standard InChI is InChI=1S/C47H85NO5/c1-4-7-10-13-16-19-22-23-25-28-31-34-37-40-47(52)53-43(38-35-32-29-26-24-20-17-14-11-8-5-2)41-46(51)48-44(42-49)45(50)39-36-33-30-27-21-18-15-12-9-6-3/h8,11,14,17,20,24,26,29,43-45,49-50H,4-7,9-10,12-13,15-16,18-19,21-23,25,27-28,30-42H2,1-3H3,(H,48,51)/b11-8+,17-14+,24-20-,29-26-. The number of carbonyl (C=O) groups is 2. The van der Waals surface area contributed by atoms with Crippen LogP contribution < -0.4 is 5.32 Å². The van der Waals surface area contributed by atoms with E-state index in [0.717, 1.165) is 57.8 Å². The molecule has 0 heterocycles. The normalized spacial score (nSPS) is 13.8. The molecule has 3 unspecified atom stereocenters. The fourth-order valence-electron chi connectivity index (χ4n) is 6.62. The lowest BCUT2D eigenvalue weighted by Gasteiger charge is -2.24. The Bertz CT molecular complexity index is 926. The second kappa shape index (κ2) is 41.0. The molecule has 0 bridgehead atoms. The first-order valence-electron chi connectivity index (χ1n) is 22.4. The van der Waals surface area contributed by atoms with Crippen LogP contribution in [0.3, 0.4) is 0 Å². The first-order valence-corrected chi connectivity index (χ1v) is 22.4. The second-order valence-corrected chi connectivity index (χ2v) is 15.2. The monoisotopic (exact) mass is 744 g/mol. The number of nitrogens with one attached hydrogen (secondary N) is 1. The molecule has 0 spiro atoms. The molecule has 3 N–H and O–H groups in total. The lowest BCUT2D eigenvalue weighted by molar-refractivity contribution is -0.151. The fraction of sp³-hybridized carbons (Fsp3) is 0.787. The third-order valence-corrected chi connectivity index (χ3v) is 10.0. The molecular weight excluding hydrogens is 659 g/mol. The van der Waals surface area contributed by atoms with E-state index in [1.165, 1.54) is 109 Å². The summed E-state index contributed by atoms with van der Waals surface area (Å²) in [5, 5.41) is 23.5. The minimum Gasteiger partial charge on any atom is -0.462 e. The summed E-state index contributed by atoms with van der Waals surface area (Å²) in [6.07, 6.45) is 47.5. The number of rotatable bonds is 39. The van der Waals surface area contributed by atoms with E-state index in [9.17, 15) is 19.8 Å². The Balaban J connectivity index is 4.66. The van der Waals surface area contributed by atoms with E-state index >= 15 is 0 Å². The van der Waals surface area contributed by atoms with Crippen molar-refractivity contribution in [2.45, 2.75) is 232 Å². The maximum atomic E-state index is 13.1. The highest BCUT2D eigenvalue weighted by Crippen LogP contribution is 2.17. The molecule has 0 aliphatic carbocycles. The van der Waals surface area contributed by atoms with Crippen LogP contribution in [0.2, 0.25) is 0 Å². The van der Waals surface area contributed by atoms with E-state index in [-0.39, 0.29) is 24.9 Å². The molecule has 0 fully saturated rings. The number of hydrogen-bond acceptors (Lipinski definition) is 5. The highest BCUT2D eigenvalue weighted by molar-refractivity contribution is 5.77. The fourth-order valence-corrected chi connectivity index (χ4v) is 6.62. The summed E-state index contributed by atoms with van der Waals surface area (Å²) in [7, 11) is 0. The van der Waals surface area contributed by atoms with Crippen molar-refractivity contribution in [1.29, 1.82) is 0 Å². The Hall–Kier alpha value is -2.18. The first-order chi connectivity index (χ1) is 26.0. The lowest BCUT2D eigenvalue weighted by atomic mass is 10.0. The molecule has 53 heavy (non-hydrogen) atoms. The number of ether oxygens (including phenoxy) is 1. The first kappa shape index (κ1) is 50.8. The van der Waals surface area contributed by atoms with Gasteiger partial charge in [-0.2, -0.15) is 0 Å². The molecule has 0 saturated heterocycles. The maximum Gasteiger partial charge on any atom is 0.306 e. The van der Waals surface area contributed by atoms with Gasteiger partial charge in [-0.05, 0) is 38.5 Å². The van der Waals surface area contributed by atoms with Crippen molar-refractivity contribution in [2.75, 3.05) is 6.61 Å². The molecule has 6 nitrogen and oxygen atoms in total. The van der Waals surface area contributed by atoms with Crippen LogP contribution in [0.4, 0.5) is 0 Å². The van der Waals surface area contributed by atoms with Gasteiger partial charge in [-0.25, -0.2) is 0 Å². The molecule has 0 radical (unpaired) electrons. The SMILES string of the molecule is CC/C=C/C=C/C=C\C=C/CCCC(CC(=O)NC(CO)C(O)CCCCCCCCCCCC)OC(=O)CCCCCCCCCCCCCCC. The van der Waals surface area contributed by atoms with Crippen molar-refractivity contribution in [3.8, 4) is 0 Å². The van der Waals surface area contributed by atoms with Crippen LogP contribution in [-0.2, 0) is 14.3 Å². The van der Waals surface area contributed by atoms with Crippen LogP contribution in [0.5, 0.6) is 0 Å². The average Bonchev–Trinajstić information content (AvgIpc) is 3.15. The predicted molar refractivity (Wildman–Crippen MR) is 227 cm³/mol. The number of hydrogen-bond donors (Lipinski definition) is 3. The van der Waals surface area contributed by atoms with Crippen LogP contribution in [0.15, 0.2) is 48.6 Å². The zero-order chi connectivity index (χ0) is 38.9. The Morgan fingerprint density at radius 3 is 1.51 bits per heavy atom. The topological polar surface area (TPSA) is 95.9 Å². The van der Waals surface area contributed by atoms with Crippen LogP contribution in [0, 0.1) is 0 Å². The number of esters is 1. The van der Waals surface area contributed by atoms with Crippen molar-refractivity contribution in [3.63, 3.8) is 0 Å². The minimum absolute atomic E-state index is 0.0332. The molecule has 0 rings (SSSR count). The molecule has 0 aliphatic rings. The summed E-state index contributed by atoms with van der Waals surface area (Å²) >= 11 is 0. The Labute approximate surface area is 327 Å². The van der Waals surface area contributed by atoms with E-state index in [4.69, 9.17) is 4.74 Å². The number of aliphatic hydroxyl groups is 2. The third-order valence-electron chi connectivity index (χ3n) is 10.0. The number of aliphatic hydroxyl groups excluding tert-OH is 2. The van der Waals surface area contributed by atoms with Crippen molar-refractivity contribution in [1.82, 2.24) is 5.32 Å². The van der Waals surface area contributed by atoms with Gasteiger partial charge >= 0.3 is 5.97 Å². The van der Waals surface area contributed by atoms with E-state index in [1.807, 2.05) is 36.5 Å². The predicted octanol–water partition coefficient (Wildman–Crippen LogP) is 12.7. The Morgan fingerprint density at radius 1 is 0.566 bits per heavy atom. The highest BCUT2D eigenvalue weighted by atomic mass is 16.5. The summed E-state index contributed by atoms with van der Waals surface area (Å²) in [5.41, 5.74) is 0. The number of allylic oxidation sites excluding steroid dienone is 8. The van der Waals surface area contributed by atoms with Gasteiger partial charge in [0, 0.05) is 6.42 Å².